The van der Waals surface area contributed by atoms with Crippen LogP contribution in [-0.4, -0.2) is 52.7 Å². The monoisotopic (exact) mass is 412 g/mol. The van der Waals surface area contributed by atoms with Gasteiger partial charge in [-0.25, -0.2) is 0 Å². The summed E-state index contributed by atoms with van der Waals surface area (Å²) in [6.07, 6.45) is 3.37. The molecule has 7 heteroatoms. The molecule has 0 atom stereocenters. The molecule has 1 fully saturated rings. The minimum absolute atomic E-state index is 0.0188. The van der Waals surface area contributed by atoms with Crippen LogP contribution in [-0.2, 0) is 11.2 Å². The number of hydrogen-bond acceptors (Lipinski definition) is 5. The van der Waals surface area contributed by atoms with Crippen molar-refractivity contribution in [2.24, 2.45) is 0 Å². The lowest BCUT2D eigenvalue weighted by Crippen LogP contribution is -2.47. The molecule has 1 aliphatic heterocycles. The second kappa shape index (κ2) is 10.0. The van der Waals surface area contributed by atoms with E-state index in [0.717, 1.165) is 12.8 Å². The zero-order valence-corrected chi connectivity index (χ0v) is 17.1. The predicted octanol–water partition coefficient (Wildman–Crippen LogP) is 2.85. The summed E-state index contributed by atoms with van der Waals surface area (Å²) in [5.41, 5.74) is 1.49. The van der Waals surface area contributed by atoms with Crippen molar-refractivity contribution in [3.05, 3.63) is 53.6 Å². The predicted molar refractivity (Wildman–Crippen MR) is 113 cm³/mol. The third-order valence-electron chi connectivity index (χ3n) is 5.13. The van der Waals surface area contributed by atoms with Gasteiger partial charge >= 0.3 is 0 Å². The molecule has 0 saturated carbocycles. The van der Waals surface area contributed by atoms with Crippen LogP contribution in [0.2, 0.25) is 0 Å². The Balaban J connectivity index is 1.42. The summed E-state index contributed by atoms with van der Waals surface area (Å²) >= 11 is 0. The maximum Gasteiger partial charge on any atom is 0.258 e. The van der Waals surface area contributed by atoms with E-state index in [1.165, 1.54) is 23.8 Å². The van der Waals surface area contributed by atoms with Gasteiger partial charge in [0.15, 0.2) is 6.61 Å². The molecule has 1 aliphatic rings. The van der Waals surface area contributed by atoms with Gasteiger partial charge in [0.1, 0.15) is 17.2 Å². The molecule has 2 aromatic rings. The van der Waals surface area contributed by atoms with E-state index in [-0.39, 0.29) is 41.5 Å². The number of amides is 2. The van der Waals surface area contributed by atoms with Crippen molar-refractivity contribution in [1.82, 2.24) is 10.2 Å². The van der Waals surface area contributed by atoms with Gasteiger partial charge < -0.3 is 25.2 Å². The zero-order valence-electron chi connectivity index (χ0n) is 17.1. The Morgan fingerprint density at radius 3 is 2.30 bits per heavy atom. The quantitative estimate of drug-likeness (QED) is 0.650. The molecule has 0 aromatic heterocycles. The maximum absolute atomic E-state index is 12.6. The number of likely N-dealkylation sites (tertiary alicyclic amines) is 1. The van der Waals surface area contributed by atoms with Gasteiger partial charge in [-0.15, -0.1) is 0 Å². The first-order valence-electron chi connectivity index (χ1n) is 10.3. The molecule has 30 heavy (non-hydrogen) atoms. The molecule has 0 unspecified atom stereocenters. The van der Waals surface area contributed by atoms with Crippen molar-refractivity contribution in [3.63, 3.8) is 0 Å². The van der Waals surface area contributed by atoms with E-state index in [1.807, 2.05) is 24.3 Å². The minimum atomic E-state index is -0.249. The number of benzene rings is 2. The molecular weight excluding hydrogens is 384 g/mol. The number of carbonyl (C=O) groups excluding carboxylic acids is 2. The second-order valence-corrected chi connectivity index (χ2v) is 7.55. The Kier molecular flexibility index (Phi) is 7.17. The first-order valence-corrected chi connectivity index (χ1v) is 10.3. The lowest BCUT2D eigenvalue weighted by atomic mass is 10.0. The summed E-state index contributed by atoms with van der Waals surface area (Å²) in [5, 5.41) is 22.1. The Hall–Kier alpha value is -3.22. The Morgan fingerprint density at radius 1 is 1.07 bits per heavy atom. The molecule has 2 aromatic carbocycles. The Labute approximate surface area is 176 Å². The van der Waals surface area contributed by atoms with Crippen LogP contribution in [0.3, 0.4) is 0 Å². The average molecular weight is 412 g/mol. The third-order valence-corrected chi connectivity index (χ3v) is 5.13. The molecule has 0 radical (unpaired) electrons. The van der Waals surface area contributed by atoms with Crippen LogP contribution in [0.5, 0.6) is 17.2 Å². The maximum atomic E-state index is 12.6. The fourth-order valence-corrected chi connectivity index (χ4v) is 3.59. The van der Waals surface area contributed by atoms with E-state index in [0.29, 0.717) is 31.7 Å². The summed E-state index contributed by atoms with van der Waals surface area (Å²) in [4.78, 5) is 26.4. The highest BCUT2D eigenvalue weighted by Gasteiger charge is 2.25. The molecule has 1 saturated heterocycles. The molecule has 1 heterocycles. The number of phenolic OH excluding ortho intramolecular Hbond substituents is 2. The standard InChI is InChI=1S/C23H28N2O5/c1-2-3-16-4-6-21(7-5-16)30-15-22(28)24-18-8-10-25(11-9-18)23(29)17-12-19(26)14-20(27)13-17/h4-7,12-14,18,26-27H,2-3,8-11,15H2,1H3,(H,24,28). The van der Waals surface area contributed by atoms with E-state index in [9.17, 15) is 19.8 Å². The van der Waals surface area contributed by atoms with Gasteiger partial charge in [-0.2, -0.15) is 0 Å². The van der Waals surface area contributed by atoms with Crippen molar-refractivity contribution in [1.29, 1.82) is 0 Å². The number of piperidine rings is 1. The van der Waals surface area contributed by atoms with Crippen LogP contribution in [0.15, 0.2) is 42.5 Å². The van der Waals surface area contributed by atoms with E-state index >= 15 is 0 Å². The van der Waals surface area contributed by atoms with E-state index in [2.05, 4.69) is 12.2 Å². The number of nitrogens with one attached hydrogen (secondary N) is 1. The summed E-state index contributed by atoms with van der Waals surface area (Å²) in [6.45, 7) is 3.06. The molecule has 7 nitrogen and oxygen atoms in total. The molecular formula is C23H28N2O5. The van der Waals surface area contributed by atoms with Crippen LogP contribution in [0.4, 0.5) is 0 Å². The molecule has 160 valence electrons. The van der Waals surface area contributed by atoms with Crippen LogP contribution in [0, 0.1) is 0 Å². The zero-order chi connectivity index (χ0) is 21.5. The van der Waals surface area contributed by atoms with Gasteiger partial charge in [0.25, 0.3) is 11.8 Å². The van der Waals surface area contributed by atoms with Gasteiger partial charge in [-0.05, 0) is 49.1 Å². The highest BCUT2D eigenvalue weighted by atomic mass is 16.5. The van der Waals surface area contributed by atoms with Crippen molar-refractivity contribution >= 4 is 11.8 Å². The van der Waals surface area contributed by atoms with Crippen LogP contribution < -0.4 is 10.1 Å². The first kappa shape index (κ1) is 21.5. The average Bonchev–Trinajstić information content (AvgIpc) is 2.73. The summed E-state index contributed by atoms with van der Waals surface area (Å²) in [7, 11) is 0. The summed E-state index contributed by atoms with van der Waals surface area (Å²) in [5.74, 6) is -0.0723. The van der Waals surface area contributed by atoms with Crippen LogP contribution in [0.1, 0.15) is 42.1 Å². The number of nitrogens with zero attached hydrogens (tertiary/aromatic N) is 1. The highest BCUT2D eigenvalue weighted by Crippen LogP contribution is 2.23. The molecule has 3 N–H and O–H groups in total. The Morgan fingerprint density at radius 2 is 1.70 bits per heavy atom. The summed E-state index contributed by atoms with van der Waals surface area (Å²) < 4.78 is 5.56. The van der Waals surface area contributed by atoms with E-state index in [4.69, 9.17) is 4.74 Å². The largest absolute Gasteiger partial charge is 0.508 e. The van der Waals surface area contributed by atoms with Crippen molar-refractivity contribution in [2.45, 2.75) is 38.6 Å². The van der Waals surface area contributed by atoms with Gasteiger partial charge in [0.05, 0.1) is 0 Å². The molecule has 0 aliphatic carbocycles. The number of carbonyl (C=O) groups is 2. The number of aryl methyl sites for hydroxylation is 1. The van der Waals surface area contributed by atoms with Gasteiger partial charge in [0.2, 0.25) is 0 Å². The second-order valence-electron chi connectivity index (χ2n) is 7.55. The SMILES string of the molecule is CCCc1ccc(OCC(=O)NC2CCN(C(=O)c3cc(O)cc(O)c3)CC2)cc1. The van der Waals surface area contributed by atoms with Crippen molar-refractivity contribution in [3.8, 4) is 17.2 Å². The molecule has 0 bridgehead atoms. The van der Waals surface area contributed by atoms with E-state index < -0.39 is 0 Å². The van der Waals surface area contributed by atoms with Crippen molar-refractivity contribution < 1.29 is 24.5 Å². The van der Waals surface area contributed by atoms with Crippen LogP contribution >= 0.6 is 0 Å². The number of ether oxygens (including phenoxy) is 1. The third kappa shape index (κ3) is 5.89. The number of hydrogen-bond donors (Lipinski definition) is 3. The lowest BCUT2D eigenvalue weighted by Gasteiger charge is -2.32. The normalized spacial score (nSPS) is 14.4. The fourth-order valence-electron chi connectivity index (χ4n) is 3.59. The lowest BCUT2D eigenvalue weighted by molar-refractivity contribution is -0.124. The number of aromatic hydroxyl groups is 2. The van der Waals surface area contributed by atoms with E-state index in [1.54, 1.807) is 4.90 Å². The fraction of sp³-hybridized carbons (Fsp3) is 0.391. The van der Waals surface area contributed by atoms with Gasteiger partial charge in [-0.1, -0.05) is 25.5 Å². The van der Waals surface area contributed by atoms with Gasteiger partial charge in [-0.3, -0.25) is 9.59 Å². The smallest absolute Gasteiger partial charge is 0.258 e. The topological polar surface area (TPSA) is 99.1 Å². The van der Waals surface area contributed by atoms with Crippen LogP contribution in [0.25, 0.3) is 0 Å². The van der Waals surface area contributed by atoms with Gasteiger partial charge in [0, 0.05) is 30.8 Å². The molecule has 2 amide bonds. The Bertz CT molecular complexity index is 853. The number of phenols is 2. The first-order chi connectivity index (χ1) is 14.4. The number of rotatable bonds is 7. The molecule has 0 spiro atoms. The summed E-state index contributed by atoms with van der Waals surface area (Å²) in [6, 6.07) is 11.6. The van der Waals surface area contributed by atoms with Crippen molar-refractivity contribution in [2.75, 3.05) is 19.7 Å². The minimum Gasteiger partial charge on any atom is -0.508 e. The molecule has 3 rings (SSSR count). The highest BCUT2D eigenvalue weighted by molar-refractivity contribution is 5.95.